The summed E-state index contributed by atoms with van der Waals surface area (Å²) in [6, 6.07) is 0. The van der Waals surface area contributed by atoms with Gasteiger partial charge < -0.3 is 19.5 Å². The first kappa shape index (κ1) is 30.3. The van der Waals surface area contributed by atoms with Crippen LogP contribution in [-0.4, -0.2) is 68.7 Å². The van der Waals surface area contributed by atoms with Crippen LogP contribution >= 0.6 is 0 Å². The number of hydroxylamine groups is 4. The van der Waals surface area contributed by atoms with Crippen molar-refractivity contribution in [3.05, 3.63) is 0 Å². The molecule has 0 radical (unpaired) electrons. The second-order valence-electron chi connectivity index (χ2n) is 14.2. The molecule has 0 spiro atoms. The van der Waals surface area contributed by atoms with Crippen molar-refractivity contribution in [3.8, 4) is 0 Å². The van der Waals surface area contributed by atoms with E-state index in [0.29, 0.717) is 32.1 Å². The molecular formula is C29H52N2O6. The summed E-state index contributed by atoms with van der Waals surface area (Å²) in [5.41, 5.74) is -1.24. The summed E-state index contributed by atoms with van der Waals surface area (Å²) >= 11 is 0. The highest BCUT2D eigenvalue weighted by Crippen LogP contribution is 2.40. The van der Waals surface area contributed by atoms with Gasteiger partial charge in [0.25, 0.3) is 0 Å². The Labute approximate surface area is 224 Å². The molecule has 3 aliphatic rings. The normalized spacial score (nSPS) is 34.1. The van der Waals surface area contributed by atoms with Gasteiger partial charge in [-0.25, -0.2) is 0 Å². The summed E-state index contributed by atoms with van der Waals surface area (Å²) in [4.78, 5) is 31.8. The molecule has 2 heterocycles. The van der Waals surface area contributed by atoms with Gasteiger partial charge in [-0.1, -0.05) is 0 Å². The second kappa shape index (κ2) is 11.1. The molecule has 3 fully saturated rings. The molecule has 8 heteroatoms. The average Bonchev–Trinajstić information content (AvgIpc) is 2.93. The number of nitrogens with zero attached hydrogens (tertiary/aromatic N) is 2. The van der Waals surface area contributed by atoms with Gasteiger partial charge in [0, 0.05) is 35.0 Å². The highest BCUT2D eigenvalue weighted by molar-refractivity contribution is 5.75. The number of ether oxygens (including phenoxy) is 2. The van der Waals surface area contributed by atoms with Gasteiger partial charge in [0.15, 0.2) is 0 Å². The number of esters is 2. The molecule has 37 heavy (non-hydrogen) atoms. The molecule has 2 saturated heterocycles. The van der Waals surface area contributed by atoms with Crippen LogP contribution in [0.1, 0.15) is 120 Å². The van der Waals surface area contributed by atoms with Gasteiger partial charge >= 0.3 is 11.9 Å². The van der Waals surface area contributed by atoms with Crippen LogP contribution in [-0.2, 0) is 23.9 Å². The number of rotatable bonds is 5. The Bertz CT molecular complexity index is 815. The first-order chi connectivity index (χ1) is 17.0. The Balaban J connectivity index is 1.51. The maximum Gasteiger partial charge on any atom is 0.309 e. The standard InChI is InChI=1S/C29H52N2O6/c1-26(2)16-14-22(18-28(5,6)30(26)34)36-24(32)20-10-12-21(13-11-20)25(33)37-23-15-17-27(3,4)31(35-9)29(7,8)19-23/h20-23,34H,10-19H2,1-9H3. The van der Waals surface area contributed by atoms with Gasteiger partial charge in [0.1, 0.15) is 12.2 Å². The highest BCUT2D eigenvalue weighted by atomic mass is 16.7. The van der Waals surface area contributed by atoms with Gasteiger partial charge in [-0.3, -0.25) is 9.59 Å². The maximum absolute atomic E-state index is 13.1. The van der Waals surface area contributed by atoms with Crippen molar-refractivity contribution < 1.29 is 29.1 Å². The van der Waals surface area contributed by atoms with Crippen molar-refractivity contribution in [1.82, 2.24) is 10.1 Å². The monoisotopic (exact) mass is 524 g/mol. The van der Waals surface area contributed by atoms with Gasteiger partial charge in [-0.15, -0.1) is 0 Å². The average molecular weight is 525 g/mol. The quantitative estimate of drug-likeness (QED) is 0.462. The van der Waals surface area contributed by atoms with Crippen molar-refractivity contribution in [2.45, 2.75) is 154 Å². The van der Waals surface area contributed by atoms with Crippen LogP contribution < -0.4 is 0 Å². The largest absolute Gasteiger partial charge is 0.462 e. The Morgan fingerprint density at radius 1 is 0.649 bits per heavy atom. The van der Waals surface area contributed by atoms with E-state index in [-0.39, 0.29) is 52.6 Å². The van der Waals surface area contributed by atoms with Crippen molar-refractivity contribution in [2.24, 2.45) is 11.8 Å². The summed E-state index contributed by atoms with van der Waals surface area (Å²) < 4.78 is 12.0. The van der Waals surface area contributed by atoms with Crippen molar-refractivity contribution >= 4 is 11.9 Å². The fourth-order valence-corrected chi connectivity index (χ4v) is 7.14. The third-order valence-corrected chi connectivity index (χ3v) is 9.00. The molecule has 3 rings (SSSR count). The van der Waals surface area contributed by atoms with Crippen molar-refractivity contribution in [3.63, 3.8) is 0 Å². The van der Waals surface area contributed by atoms with Crippen LogP contribution in [0, 0.1) is 11.8 Å². The van der Waals surface area contributed by atoms with Gasteiger partial charge in [0.2, 0.25) is 0 Å². The topological polar surface area (TPSA) is 88.5 Å². The first-order valence-electron chi connectivity index (χ1n) is 14.2. The molecule has 2 aliphatic heterocycles. The van der Waals surface area contributed by atoms with E-state index in [1.807, 2.05) is 32.8 Å². The summed E-state index contributed by atoms with van der Waals surface area (Å²) in [7, 11) is 1.71. The molecule has 1 aliphatic carbocycles. The molecule has 8 nitrogen and oxygen atoms in total. The Hall–Kier alpha value is -1.22. The molecule has 1 N–H and O–H groups in total. The zero-order chi connectivity index (χ0) is 27.8. The molecular weight excluding hydrogens is 472 g/mol. The van der Waals surface area contributed by atoms with E-state index in [0.717, 1.165) is 32.1 Å². The molecule has 2 unspecified atom stereocenters. The summed E-state index contributed by atoms with van der Waals surface area (Å²) in [5.74, 6) is -0.639. The first-order valence-corrected chi connectivity index (χ1v) is 14.2. The minimum Gasteiger partial charge on any atom is -0.462 e. The number of hydrogen-bond acceptors (Lipinski definition) is 8. The van der Waals surface area contributed by atoms with E-state index in [4.69, 9.17) is 14.3 Å². The lowest BCUT2D eigenvalue weighted by atomic mass is 9.82. The highest BCUT2D eigenvalue weighted by Gasteiger charge is 2.45. The summed E-state index contributed by atoms with van der Waals surface area (Å²) in [6.45, 7) is 16.6. The van der Waals surface area contributed by atoms with Crippen LogP contribution in [0.3, 0.4) is 0 Å². The minimum absolute atomic E-state index is 0.132. The summed E-state index contributed by atoms with van der Waals surface area (Å²) in [6.07, 6.45) is 6.72. The molecule has 0 aromatic rings. The van der Waals surface area contributed by atoms with Crippen LogP contribution in [0.2, 0.25) is 0 Å². The zero-order valence-electron chi connectivity index (χ0n) is 24.8. The molecule has 0 bridgehead atoms. The number of hydrogen-bond donors (Lipinski definition) is 1. The van der Waals surface area contributed by atoms with E-state index < -0.39 is 5.54 Å². The predicted octanol–water partition coefficient (Wildman–Crippen LogP) is 5.65. The predicted molar refractivity (Wildman–Crippen MR) is 142 cm³/mol. The third-order valence-electron chi connectivity index (χ3n) is 9.00. The fourth-order valence-electron chi connectivity index (χ4n) is 7.14. The van der Waals surface area contributed by atoms with Crippen LogP contribution in [0.4, 0.5) is 0 Å². The van der Waals surface area contributed by atoms with Crippen LogP contribution in [0.5, 0.6) is 0 Å². The van der Waals surface area contributed by atoms with Crippen molar-refractivity contribution in [2.75, 3.05) is 7.11 Å². The third kappa shape index (κ3) is 7.06. The Kier molecular flexibility index (Phi) is 9.10. The number of carbonyl (C=O) groups is 2. The van der Waals surface area contributed by atoms with Gasteiger partial charge in [0.05, 0.1) is 18.9 Å². The van der Waals surface area contributed by atoms with Crippen LogP contribution in [0.15, 0.2) is 0 Å². The molecule has 214 valence electrons. The zero-order valence-corrected chi connectivity index (χ0v) is 24.8. The fraction of sp³-hybridized carbons (Fsp3) is 0.931. The van der Waals surface area contributed by atoms with E-state index >= 15 is 0 Å². The van der Waals surface area contributed by atoms with E-state index in [1.165, 1.54) is 5.06 Å². The lowest BCUT2D eigenvalue weighted by Gasteiger charge is -2.44. The van der Waals surface area contributed by atoms with Crippen LogP contribution in [0.25, 0.3) is 0 Å². The maximum atomic E-state index is 13.1. The second-order valence-corrected chi connectivity index (χ2v) is 14.2. The van der Waals surface area contributed by atoms with E-state index in [9.17, 15) is 14.8 Å². The molecule has 0 aromatic heterocycles. The van der Waals surface area contributed by atoms with Gasteiger partial charge in [-0.2, -0.15) is 10.1 Å². The Morgan fingerprint density at radius 2 is 1.05 bits per heavy atom. The molecule has 1 saturated carbocycles. The lowest BCUT2D eigenvalue weighted by Crippen LogP contribution is -2.53. The molecule has 0 amide bonds. The van der Waals surface area contributed by atoms with E-state index in [1.54, 1.807) is 7.11 Å². The van der Waals surface area contributed by atoms with Gasteiger partial charge in [-0.05, 0) is 107 Å². The lowest BCUT2D eigenvalue weighted by molar-refractivity contribution is -0.247. The minimum atomic E-state index is -0.478. The van der Waals surface area contributed by atoms with E-state index in [2.05, 4.69) is 27.7 Å². The van der Waals surface area contributed by atoms with Crippen molar-refractivity contribution in [1.29, 1.82) is 0 Å². The molecule has 0 aromatic carbocycles. The SMILES string of the molecule is CON1C(C)(C)CCC(OC(=O)C2CCC(C(=O)OC3CCC(C)(C)N(O)C(C)(C)C3)CC2)CC1(C)C. The molecule has 2 atom stereocenters. The summed E-state index contributed by atoms with van der Waals surface area (Å²) in [5, 5.41) is 14.1. The Morgan fingerprint density at radius 3 is 1.49 bits per heavy atom. The number of carbonyl (C=O) groups excluding carboxylic acids is 2. The smallest absolute Gasteiger partial charge is 0.309 e.